The predicted molar refractivity (Wildman–Crippen MR) is 96.4 cm³/mol. The first-order valence-corrected chi connectivity index (χ1v) is 8.72. The summed E-state index contributed by atoms with van der Waals surface area (Å²) in [5.41, 5.74) is 8.71. The molecule has 1 saturated heterocycles. The van der Waals surface area contributed by atoms with Crippen LogP contribution in [0.1, 0.15) is 17.9 Å². The van der Waals surface area contributed by atoms with Gasteiger partial charge in [-0.25, -0.2) is 0 Å². The number of ether oxygens (including phenoxy) is 2. The number of rotatable bonds is 2. The van der Waals surface area contributed by atoms with Gasteiger partial charge in [-0.3, -0.25) is 0 Å². The lowest BCUT2D eigenvalue weighted by atomic mass is 9.88. The van der Waals surface area contributed by atoms with Crippen molar-refractivity contribution in [1.29, 1.82) is 0 Å². The Labute approximate surface area is 147 Å². The van der Waals surface area contributed by atoms with Crippen LogP contribution in [-0.4, -0.2) is 32.3 Å². The van der Waals surface area contributed by atoms with Crippen molar-refractivity contribution in [1.82, 2.24) is 0 Å². The smallest absolute Gasteiger partial charge is 0.163 e. The minimum atomic E-state index is 0.135. The lowest BCUT2D eigenvalue weighted by molar-refractivity contribution is 0.171. The molecular formula is C19H21ClN2O2. The average molecular weight is 345 g/mol. The Hall–Kier alpha value is -1.91. The maximum absolute atomic E-state index is 6.34. The molecule has 2 aromatic rings. The molecular weight excluding hydrogens is 324 g/mol. The Balaban J connectivity index is 1.59. The van der Waals surface area contributed by atoms with Crippen molar-refractivity contribution >= 4 is 17.3 Å². The summed E-state index contributed by atoms with van der Waals surface area (Å²) >= 11 is 6.16. The maximum atomic E-state index is 6.34. The topological polar surface area (TPSA) is 47.7 Å². The van der Waals surface area contributed by atoms with Gasteiger partial charge in [-0.15, -0.1) is 0 Å². The molecule has 0 amide bonds. The summed E-state index contributed by atoms with van der Waals surface area (Å²) in [4.78, 5) is 2.33. The number of nitrogens with zero attached hydrogens (tertiary/aromatic N) is 1. The average Bonchev–Trinajstić information content (AvgIpc) is 2.61. The van der Waals surface area contributed by atoms with Crippen LogP contribution in [0.15, 0.2) is 42.5 Å². The first-order valence-electron chi connectivity index (χ1n) is 8.35. The van der Waals surface area contributed by atoms with Crippen LogP contribution in [0.4, 0.5) is 5.69 Å². The monoisotopic (exact) mass is 344 g/mol. The molecule has 0 aromatic heterocycles. The van der Waals surface area contributed by atoms with E-state index in [0.29, 0.717) is 19.1 Å². The number of hydrogen-bond donors (Lipinski definition) is 1. The van der Waals surface area contributed by atoms with Crippen molar-refractivity contribution in [3.05, 3.63) is 53.1 Å². The van der Waals surface area contributed by atoms with Crippen LogP contribution in [0.3, 0.4) is 0 Å². The second-order valence-electron chi connectivity index (χ2n) is 6.48. The van der Waals surface area contributed by atoms with Gasteiger partial charge in [0.25, 0.3) is 0 Å². The van der Waals surface area contributed by atoms with Gasteiger partial charge in [0.2, 0.25) is 0 Å². The van der Waals surface area contributed by atoms with Crippen molar-refractivity contribution in [2.45, 2.75) is 18.4 Å². The highest BCUT2D eigenvalue weighted by Gasteiger charge is 2.27. The van der Waals surface area contributed by atoms with Crippen LogP contribution < -0.4 is 20.1 Å². The Bertz CT molecular complexity index is 737. The summed E-state index contributed by atoms with van der Waals surface area (Å²) in [6.07, 6.45) is 0.974. The Morgan fingerprint density at radius 3 is 2.67 bits per heavy atom. The minimum Gasteiger partial charge on any atom is -0.486 e. The zero-order valence-corrected chi connectivity index (χ0v) is 14.2. The summed E-state index contributed by atoms with van der Waals surface area (Å²) in [5.74, 6) is 2.01. The van der Waals surface area contributed by atoms with Gasteiger partial charge in [-0.05, 0) is 36.2 Å². The lowest BCUT2D eigenvalue weighted by Gasteiger charge is -2.38. The fraction of sp³-hybridized carbons (Fsp3) is 0.368. The van der Waals surface area contributed by atoms with E-state index in [0.717, 1.165) is 41.7 Å². The van der Waals surface area contributed by atoms with Crippen molar-refractivity contribution in [2.75, 3.05) is 31.2 Å². The van der Waals surface area contributed by atoms with E-state index >= 15 is 0 Å². The molecule has 2 heterocycles. The summed E-state index contributed by atoms with van der Waals surface area (Å²) in [7, 11) is 0. The van der Waals surface area contributed by atoms with Gasteiger partial charge in [0.05, 0.1) is 0 Å². The molecule has 0 bridgehead atoms. The third-order valence-corrected chi connectivity index (χ3v) is 4.93. The predicted octanol–water partition coefficient (Wildman–Crippen LogP) is 3.43. The molecule has 126 valence electrons. The molecule has 2 aromatic carbocycles. The highest BCUT2D eigenvalue weighted by molar-refractivity contribution is 6.30. The second-order valence-corrected chi connectivity index (χ2v) is 6.92. The fourth-order valence-corrected chi connectivity index (χ4v) is 3.78. The highest BCUT2D eigenvalue weighted by atomic mass is 35.5. The lowest BCUT2D eigenvalue weighted by Crippen LogP contribution is -2.46. The number of anilines is 1. The zero-order valence-electron chi connectivity index (χ0n) is 13.5. The summed E-state index contributed by atoms with van der Waals surface area (Å²) in [6.45, 7) is 2.98. The molecule has 2 aliphatic rings. The summed E-state index contributed by atoms with van der Waals surface area (Å²) < 4.78 is 11.3. The molecule has 0 spiro atoms. The van der Waals surface area contributed by atoms with E-state index in [4.69, 9.17) is 26.8 Å². The molecule has 2 atom stereocenters. The van der Waals surface area contributed by atoms with E-state index in [2.05, 4.69) is 23.1 Å². The first kappa shape index (κ1) is 15.6. The van der Waals surface area contributed by atoms with Crippen LogP contribution in [0.5, 0.6) is 11.5 Å². The molecule has 0 aliphatic carbocycles. The van der Waals surface area contributed by atoms with Gasteiger partial charge in [-0.2, -0.15) is 0 Å². The number of piperidine rings is 1. The quantitative estimate of drug-likeness (QED) is 0.906. The summed E-state index contributed by atoms with van der Waals surface area (Å²) in [5, 5.41) is 0.775. The van der Waals surface area contributed by atoms with Gasteiger partial charge in [-0.1, -0.05) is 23.7 Å². The van der Waals surface area contributed by atoms with E-state index in [9.17, 15) is 0 Å². The minimum absolute atomic E-state index is 0.135. The number of hydrogen-bond acceptors (Lipinski definition) is 4. The van der Waals surface area contributed by atoms with Crippen molar-refractivity contribution < 1.29 is 9.47 Å². The van der Waals surface area contributed by atoms with Crippen molar-refractivity contribution in [3.63, 3.8) is 0 Å². The third-order valence-electron chi connectivity index (χ3n) is 4.69. The van der Waals surface area contributed by atoms with Crippen molar-refractivity contribution in [3.8, 4) is 11.5 Å². The Morgan fingerprint density at radius 1 is 1.00 bits per heavy atom. The van der Waals surface area contributed by atoms with Crippen molar-refractivity contribution in [2.24, 2.45) is 5.73 Å². The molecule has 0 radical (unpaired) electrons. The summed E-state index contributed by atoms with van der Waals surface area (Å²) in [6, 6.07) is 14.4. The molecule has 1 fully saturated rings. The van der Waals surface area contributed by atoms with Crippen LogP contribution >= 0.6 is 11.6 Å². The molecule has 2 unspecified atom stereocenters. The third kappa shape index (κ3) is 3.17. The number of halogens is 1. The highest BCUT2D eigenvalue weighted by Crippen LogP contribution is 2.36. The van der Waals surface area contributed by atoms with Crippen LogP contribution in [0.25, 0.3) is 0 Å². The van der Waals surface area contributed by atoms with Gasteiger partial charge in [0, 0.05) is 41.8 Å². The largest absolute Gasteiger partial charge is 0.486 e. The second kappa shape index (κ2) is 6.54. The Kier molecular flexibility index (Phi) is 4.25. The number of fused-ring (bicyclic) bond motifs is 1. The first-order chi connectivity index (χ1) is 11.7. The molecule has 2 N–H and O–H groups in total. The van der Waals surface area contributed by atoms with Crippen LogP contribution in [0, 0.1) is 0 Å². The normalized spacial score (nSPS) is 23.2. The van der Waals surface area contributed by atoms with Gasteiger partial charge in [0.15, 0.2) is 11.5 Å². The van der Waals surface area contributed by atoms with E-state index < -0.39 is 0 Å². The van der Waals surface area contributed by atoms with E-state index in [1.165, 1.54) is 5.56 Å². The SMILES string of the molecule is NC1CC(c2cccc(Cl)c2)CN(c2ccc3c(c2)OCCO3)C1. The Morgan fingerprint density at radius 2 is 1.83 bits per heavy atom. The number of nitrogens with two attached hydrogens (primary N) is 1. The molecule has 24 heavy (non-hydrogen) atoms. The molecule has 0 saturated carbocycles. The zero-order chi connectivity index (χ0) is 16.5. The van der Waals surface area contributed by atoms with Crippen LogP contribution in [0.2, 0.25) is 5.02 Å². The fourth-order valence-electron chi connectivity index (χ4n) is 3.58. The van der Waals surface area contributed by atoms with Crippen LogP contribution in [-0.2, 0) is 0 Å². The maximum Gasteiger partial charge on any atom is 0.163 e. The van der Waals surface area contributed by atoms with Gasteiger partial charge >= 0.3 is 0 Å². The molecule has 4 rings (SSSR count). The van der Waals surface area contributed by atoms with Gasteiger partial charge in [0.1, 0.15) is 13.2 Å². The van der Waals surface area contributed by atoms with Gasteiger partial charge < -0.3 is 20.1 Å². The van der Waals surface area contributed by atoms with E-state index in [1.54, 1.807) is 0 Å². The molecule has 5 heteroatoms. The molecule has 2 aliphatic heterocycles. The standard InChI is InChI=1S/C19H21ClN2O2/c20-15-3-1-2-13(8-15)14-9-16(21)12-22(11-14)17-4-5-18-19(10-17)24-7-6-23-18/h1-5,8,10,14,16H,6-7,9,11-12,21H2. The van der Waals surface area contributed by atoms with E-state index in [1.807, 2.05) is 24.3 Å². The molecule has 4 nitrogen and oxygen atoms in total. The number of benzene rings is 2. The van der Waals surface area contributed by atoms with E-state index in [-0.39, 0.29) is 6.04 Å².